The second-order valence-electron chi connectivity index (χ2n) is 3.81. The van der Waals surface area contributed by atoms with Crippen LogP contribution in [-0.4, -0.2) is 4.98 Å². The minimum absolute atomic E-state index is 0. The lowest BCUT2D eigenvalue weighted by Crippen LogP contribution is -2.15. The van der Waals surface area contributed by atoms with Gasteiger partial charge in [-0.2, -0.15) is 0 Å². The second kappa shape index (κ2) is 6.09. The van der Waals surface area contributed by atoms with E-state index in [9.17, 15) is 0 Å². The zero-order valence-electron chi connectivity index (χ0n) is 9.21. The number of hydrogen-bond donors (Lipinski definition) is 1. The van der Waals surface area contributed by atoms with Gasteiger partial charge in [0.15, 0.2) is 5.58 Å². The number of pyridine rings is 1. The number of rotatable bonds is 2. The summed E-state index contributed by atoms with van der Waals surface area (Å²) < 4.78 is 5.60. The van der Waals surface area contributed by atoms with Gasteiger partial charge in [0.2, 0.25) is 0 Å². The maximum atomic E-state index is 5.98. The smallest absolute Gasteiger partial charge is 0.152 e. The van der Waals surface area contributed by atoms with Gasteiger partial charge < -0.3 is 10.2 Å². The Kier molecular flexibility index (Phi) is 5.79. The van der Waals surface area contributed by atoms with E-state index in [0.717, 1.165) is 16.9 Å². The minimum atomic E-state index is -0.0517. The summed E-state index contributed by atoms with van der Waals surface area (Å²) >= 11 is 0. The van der Waals surface area contributed by atoms with Gasteiger partial charge in [-0.05, 0) is 18.1 Å². The quantitative estimate of drug-likeness (QED) is 0.904. The van der Waals surface area contributed by atoms with Crippen molar-refractivity contribution in [2.45, 2.75) is 19.9 Å². The first kappa shape index (κ1) is 15.2. The van der Waals surface area contributed by atoms with Gasteiger partial charge in [-0.15, -0.1) is 24.8 Å². The number of halogens is 2. The second-order valence-corrected chi connectivity index (χ2v) is 3.81. The molecule has 0 saturated heterocycles. The molecule has 0 aromatic carbocycles. The van der Waals surface area contributed by atoms with Crippen LogP contribution in [0.4, 0.5) is 0 Å². The zero-order chi connectivity index (χ0) is 10.1. The van der Waals surface area contributed by atoms with Crippen LogP contribution in [0.5, 0.6) is 0 Å². The lowest BCUT2D eigenvalue weighted by molar-refractivity contribution is 0.418. The van der Waals surface area contributed by atoms with Crippen LogP contribution >= 0.6 is 24.8 Å². The number of furan rings is 1. The third-order valence-corrected chi connectivity index (χ3v) is 2.35. The lowest BCUT2D eigenvalue weighted by atomic mass is 10.0. The lowest BCUT2D eigenvalue weighted by Gasteiger charge is -2.11. The molecule has 0 aliphatic heterocycles. The van der Waals surface area contributed by atoms with E-state index < -0.39 is 0 Å². The topological polar surface area (TPSA) is 52.0 Å². The highest BCUT2D eigenvalue weighted by Gasteiger charge is 2.15. The van der Waals surface area contributed by atoms with Crippen LogP contribution in [0.25, 0.3) is 11.1 Å². The summed E-state index contributed by atoms with van der Waals surface area (Å²) in [4.78, 5) is 4.19. The van der Waals surface area contributed by atoms with Crippen molar-refractivity contribution < 1.29 is 4.42 Å². The molecule has 90 valence electrons. The van der Waals surface area contributed by atoms with E-state index in [2.05, 4.69) is 18.8 Å². The molecule has 0 aliphatic rings. The van der Waals surface area contributed by atoms with E-state index in [1.165, 1.54) is 0 Å². The first-order chi connectivity index (χ1) is 6.68. The summed E-state index contributed by atoms with van der Waals surface area (Å²) in [6, 6.07) is 5.62. The maximum Gasteiger partial charge on any atom is 0.152 e. The summed E-state index contributed by atoms with van der Waals surface area (Å²) in [6.07, 6.45) is 1.75. The average molecular weight is 263 g/mol. The number of nitrogens with zero attached hydrogens (tertiary/aromatic N) is 1. The third-order valence-electron chi connectivity index (χ3n) is 2.35. The summed E-state index contributed by atoms with van der Waals surface area (Å²) in [6.45, 7) is 4.15. The molecule has 0 spiro atoms. The van der Waals surface area contributed by atoms with Crippen molar-refractivity contribution in [3.05, 3.63) is 30.2 Å². The molecule has 1 unspecified atom stereocenters. The molecule has 0 aliphatic carbocycles. The Bertz CT molecular complexity index is 409. The van der Waals surface area contributed by atoms with Gasteiger partial charge in [0.1, 0.15) is 11.3 Å². The monoisotopic (exact) mass is 262 g/mol. The molecular formula is C11H16Cl2N2O. The molecule has 0 saturated carbocycles. The van der Waals surface area contributed by atoms with Crippen molar-refractivity contribution in [1.29, 1.82) is 0 Å². The first-order valence-corrected chi connectivity index (χ1v) is 4.78. The van der Waals surface area contributed by atoms with Crippen molar-refractivity contribution in [3.8, 4) is 0 Å². The van der Waals surface area contributed by atoms with E-state index in [-0.39, 0.29) is 30.9 Å². The summed E-state index contributed by atoms with van der Waals surface area (Å²) in [5, 5.41) is 0. The summed E-state index contributed by atoms with van der Waals surface area (Å²) in [7, 11) is 0. The first-order valence-electron chi connectivity index (χ1n) is 4.78. The molecule has 2 rings (SSSR count). The Hall–Kier alpha value is -0.770. The Morgan fingerprint density at radius 1 is 1.31 bits per heavy atom. The molecule has 2 N–H and O–H groups in total. The average Bonchev–Trinajstić information content (AvgIpc) is 2.59. The highest BCUT2D eigenvalue weighted by Crippen LogP contribution is 2.24. The molecule has 2 aromatic rings. The van der Waals surface area contributed by atoms with Gasteiger partial charge in [0.05, 0.1) is 6.04 Å². The van der Waals surface area contributed by atoms with E-state index in [0.29, 0.717) is 5.92 Å². The van der Waals surface area contributed by atoms with Crippen molar-refractivity contribution >= 4 is 35.9 Å². The normalized spacial score (nSPS) is 12.0. The molecule has 0 radical (unpaired) electrons. The van der Waals surface area contributed by atoms with Crippen LogP contribution in [0.15, 0.2) is 28.8 Å². The highest BCUT2D eigenvalue weighted by atomic mass is 35.5. The number of aromatic nitrogens is 1. The van der Waals surface area contributed by atoms with E-state index in [4.69, 9.17) is 10.2 Å². The number of nitrogens with two attached hydrogens (primary N) is 1. The number of hydrogen-bond acceptors (Lipinski definition) is 3. The molecule has 0 fully saturated rings. The van der Waals surface area contributed by atoms with E-state index in [1.807, 2.05) is 18.2 Å². The Balaban J connectivity index is 0.00000112. The van der Waals surface area contributed by atoms with Crippen LogP contribution in [0.3, 0.4) is 0 Å². The molecule has 16 heavy (non-hydrogen) atoms. The van der Waals surface area contributed by atoms with Crippen molar-refractivity contribution in [2.24, 2.45) is 11.7 Å². The molecular weight excluding hydrogens is 247 g/mol. The van der Waals surface area contributed by atoms with Gasteiger partial charge in [0.25, 0.3) is 0 Å². The van der Waals surface area contributed by atoms with Crippen LogP contribution in [-0.2, 0) is 0 Å². The van der Waals surface area contributed by atoms with E-state index >= 15 is 0 Å². The Morgan fingerprint density at radius 3 is 2.56 bits per heavy atom. The van der Waals surface area contributed by atoms with E-state index in [1.54, 1.807) is 6.20 Å². The fraction of sp³-hybridized carbons (Fsp3) is 0.364. The summed E-state index contributed by atoms with van der Waals surface area (Å²) in [5.41, 5.74) is 7.66. The minimum Gasteiger partial charge on any atom is -0.458 e. The van der Waals surface area contributed by atoms with Crippen LogP contribution in [0.1, 0.15) is 25.6 Å². The highest BCUT2D eigenvalue weighted by molar-refractivity contribution is 5.85. The SMILES string of the molecule is CC(C)C(N)c1cc2ncccc2o1.Cl.Cl. The molecule has 5 heteroatoms. The fourth-order valence-electron chi connectivity index (χ4n) is 1.38. The molecule has 3 nitrogen and oxygen atoms in total. The molecule has 1 atom stereocenters. The van der Waals surface area contributed by atoms with Crippen molar-refractivity contribution in [2.75, 3.05) is 0 Å². The molecule has 2 heterocycles. The van der Waals surface area contributed by atoms with Gasteiger partial charge in [0, 0.05) is 12.3 Å². The molecule has 0 amide bonds. The van der Waals surface area contributed by atoms with Gasteiger partial charge >= 0.3 is 0 Å². The standard InChI is InChI=1S/C11H14N2O.2ClH/c1-7(2)11(12)10-6-8-9(14-10)4-3-5-13-8;;/h3-7,11H,12H2,1-2H3;2*1H. The predicted molar refractivity (Wildman–Crippen MR) is 70.3 cm³/mol. The third kappa shape index (κ3) is 2.88. The van der Waals surface area contributed by atoms with Crippen molar-refractivity contribution in [3.63, 3.8) is 0 Å². The van der Waals surface area contributed by atoms with Crippen LogP contribution < -0.4 is 5.73 Å². The fourth-order valence-corrected chi connectivity index (χ4v) is 1.38. The zero-order valence-corrected chi connectivity index (χ0v) is 10.8. The van der Waals surface area contributed by atoms with Crippen LogP contribution in [0, 0.1) is 5.92 Å². The van der Waals surface area contributed by atoms with Gasteiger partial charge in [-0.25, -0.2) is 0 Å². The predicted octanol–water partition coefficient (Wildman–Crippen LogP) is 3.33. The van der Waals surface area contributed by atoms with Gasteiger partial charge in [-0.1, -0.05) is 13.8 Å². The van der Waals surface area contributed by atoms with Crippen molar-refractivity contribution in [1.82, 2.24) is 4.98 Å². The Labute approximate surface area is 107 Å². The molecule has 0 bridgehead atoms. The van der Waals surface area contributed by atoms with Gasteiger partial charge in [-0.3, -0.25) is 4.98 Å². The molecule has 2 aromatic heterocycles. The summed E-state index contributed by atoms with van der Waals surface area (Å²) in [5.74, 6) is 1.18. The Morgan fingerprint density at radius 2 is 2.00 bits per heavy atom. The largest absolute Gasteiger partial charge is 0.458 e. The maximum absolute atomic E-state index is 5.98. The van der Waals surface area contributed by atoms with Crippen LogP contribution in [0.2, 0.25) is 0 Å². The number of fused-ring (bicyclic) bond motifs is 1.